The monoisotopic (exact) mass is 201 g/mol. The molecule has 1 aromatic carbocycles. The molecule has 0 aliphatic carbocycles. The maximum atomic E-state index is 4.82. The van der Waals surface area contributed by atoms with E-state index in [9.17, 15) is 0 Å². The van der Waals surface area contributed by atoms with Crippen LogP contribution in [-0.4, -0.2) is 5.71 Å². The molecule has 0 bridgehead atoms. The van der Waals surface area contributed by atoms with Crippen molar-refractivity contribution >= 4 is 5.71 Å². The summed E-state index contributed by atoms with van der Waals surface area (Å²) in [7, 11) is 0. The second-order valence-corrected chi connectivity index (χ2v) is 4.37. The van der Waals surface area contributed by atoms with Gasteiger partial charge < -0.3 is 0 Å². The van der Waals surface area contributed by atoms with Crippen molar-refractivity contribution in [3.8, 4) is 0 Å². The Morgan fingerprint density at radius 3 is 2.67 bits per heavy atom. The zero-order valence-corrected chi connectivity index (χ0v) is 9.66. The van der Waals surface area contributed by atoms with Gasteiger partial charge in [-0.15, -0.1) is 0 Å². The van der Waals surface area contributed by atoms with Crippen LogP contribution in [0.15, 0.2) is 29.3 Å². The molecule has 0 unspecified atom stereocenters. The molecule has 1 heteroatoms. The summed E-state index contributed by atoms with van der Waals surface area (Å²) in [4.78, 5) is 4.82. The van der Waals surface area contributed by atoms with Gasteiger partial charge in [-0.05, 0) is 38.2 Å². The highest BCUT2D eigenvalue weighted by Gasteiger charge is 2.15. The molecule has 1 aliphatic rings. The van der Waals surface area contributed by atoms with Gasteiger partial charge in [-0.1, -0.05) is 36.8 Å². The van der Waals surface area contributed by atoms with Crippen LogP contribution in [0.5, 0.6) is 0 Å². The van der Waals surface area contributed by atoms with Crippen molar-refractivity contribution < 1.29 is 0 Å². The number of hydrogen-bond donors (Lipinski definition) is 0. The standard InChI is InChI=1S/C14H19N/c1-3-13-5-4-6-14(15-13)12-9-7-11(2)8-10-12/h7-10,14H,3-6H2,1-2H3/t14-/m1/s1. The Balaban J connectivity index is 2.20. The molecule has 1 aromatic rings. The van der Waals surface area contributed by atoms with E-state index in [0.29, 0.717) is 6.04 Å². The largest absolute Gasteiger partial charge is 0.286 e. The molecule has 0 saturated heterocycles. The molecule has 0 saturated carbocycles. The minimum Gasteiger partial charge on any atom is -0.286 e. The second-order valence-electron chi connectivity index (χ2n) is 4.37. The molecule has 0 fully saturated rings. The van der Waals surface area contributed by atoms with Crippen molar-refractivity contribution in [3.63, 3.8) is 0 Å². The first kappa shape index (κ1) is 10.4. The number of benzene rings is 1. The third-order valence-corrected chi connectivity index (χ3v) is 3.15. The fourth-order valence-corrected chi connectivity index (χ4v) is 2.15. The molecule has 1 nitrogen and oxygen atoms in total. The predicted molar refractivity (Wildman–Crippen MR) is 65.5 cm³/mol. The van der Waals surface area contributed by atoms with Crippen LogP contribution in [0.3, 0.4) is 0 Å². The van der Waals surface area contributed by atoms with Crippen molar-refractivity contribution in [2.24, 2.45) is 4.99 Å². The maximum absolute atomic E-state index is 4.82. The summed E-state index contributed by atoms with van der Waals surface area (Å²) in [6.45, 7) is 4.34. The van der Waals surface area contributed by atoms with Crippen molar-refractivity contribution in [1.82, 2.24) is 0 Å². The fraction of sp³-hybridized carbons (Fsp3) is 0.500. The lowest BCUT2D eigenvalue weighted by molar-refractivity contribution is 0.591. The van der Waals surface area contributed by atoms with Crippen LogP contribution in [0, 0.1) is 6.92 Å². The van der Waals surface area contributed by atoms with Crippen LogP contribution in [0.4, 0.5) is 0 Å². The Hall–Kier alpha value is -1.11. The highest BCUT2D eigenvalue weighted by atomic mass is 14.8. The van der Waals surface area contributed by atoms with Crippen LogP contribution in [0.1, 0.15) is 49.8 Å². The summed E-state index contributed by atoms with van der Waals surface area (Å²) in [5, 5.41) is 0. The summed E-state index contributed by atoms with van der Waals surface area (Å²) >= 11 is 0. The van der Waals surface area contributed by atoms with Crippen molar-refractivity contribution in [2.45, 2.75) is 45.6 Å². The molecule has 0 radical (unpaired) electrons. The van der Waals surface area contributed by atoms with Gasteiger partial charge in [0.25, 0.3) is 0 Å². The first-order chi connectivity index (χ1) is 7.29. The van der Waals surface area contributed by atoms with E-state index in [0.717, 1.165) is 6.42 Å². The number of hydrogen-bond acceptors (Lipinski definition) is 1. The Bertz CT molecular complexity index is 348. The summed E-state index contributed by atoms with van der Waals surface area (Å²) < 4.78 is 0. The smallest absolute Gasteiger partial charge is 0.0748 e. The Morgan fingerprint density at radius 1 is 1.27 bits per heavy atom. The minimum absolute atomic E-state index is 0.425. The summed E-state index contributed by atoms with van der Waals surface area (Å²) in [5.74, 6) is 0. The number of rotatable bonds is 2. The molecule has 1 aliphatic heterocycles. The minimum atomic E-state index is 0.425. The van der Waals surface area contributed by atoms with E-state index in [1.807, 2.05) is 0 Å². The highest BCUT2D eigenvalue weighted by Crippen LogP contribution is 2.28. The molecule has 0 spiro atoms. The first-order valence-electron chi connectivity index (χ1n) is 5.91. The lowest BCUT2D eigenvalue weighted by Gasteiger charge is -2.20. The summed E-state index contributed by atoms with van der Waals surface area (Å²) in [6, 6.07) is 9.25. The average molecular weight is 201 g/mol. The summed E-state index contributed by atoms with van der Waals surface area (Å²) in [5.41, 5.74) is 4.10. The molecule has 2 rings (SSSR count). The van der Waals surface area contributed by atoms with E-state index in [-0.39, 0.29) is 0 Å². The molecule has 0 amide bonds. The number of aliphatic imine (C=N–C) groups is 1. The van der Waals surface area contributed by atoms with E-state index in [1.165, 1.54) is 36.1 Å². The topological polar surface area (TPSA) is 12.4 Å². The lowest BCUT2D eigenvalue weighted by Crippen LogP contribution is -2.09. The van der Waals surface area contributed by atoms with Gasteiger partial charge in [0.05, 0.1) is 6.04 Å². The molecule has 0 N–H and O–H groups in total. The van der Waals surface area contributed by atoms with Crippen LogP contribution in [0.25, 0.3) is 0 Å². The predicted octanol–water partition coefficient (Wildman–Crippen LogP) is 4.07. The van der Waals surface area contributed by atoms with Gasteiger partial charge in [-0.2, -0.15) is 0 Å². The van der Waals surface area contributed by atoms with Crippen LogP contribution >= 0.6 is 0 Å². The Labute approximate surface area is 92.2 Å². The van der Waals surface area contributed by atoms with Crippen molar-refractivity contribution in [2.75, 3.05) is 0 Å². The third kappa shape index (κ3) is 2.47. The molecule has 0 aromatic heterocycles. The first-order valence-corrected chi connectivity index (χ1v) is 5.91. The molecular formula is C14H19N. The maximum Gasteiger partial charge on any atom is 0.0748 e. The zero-order valence-electron chi connectivity index (χ0n) is 9.66. The van der Waals surface area contributed by atoms with Gasteiger partial charge in [0.1, 0.15) is 0 Å². The van der Waals surface area contributed by atoms with Crippen LogP contribution < -0.4 is 0 Å². The van der Waals surface area contributed by atoms with Crippen LogP contribution in [0.2, 0.25) is 0 Å². The summed E-state index contributed by atoms with van der Waals surface area (Å²) in [6.07, 6.45) is 4.83. The molecule has 15 heavy (non-hydrogen) atoms. The van der Waals surface area contributed by atoms with Gasteiger partial charge in [0, 0.05) is 5.71 Å². The molecule has 80 valence electrons. The van der Waals surface area contributed by atoms with Crippen LogP contribution in [-0.2, 0) is 0 Å². The number of aryl methyl sites for hydroxylation is 1. The van der Waals surface area contributed by atoms with E-state index < -0.39 is 0 Å². The lowest BCUT2D eigenvalue weighted by atomic mass is 9.95. The molecule has 1 heterocycles. The third-order valence-electron chi connectivity index (χ3n) is 3.15. The molecular weight excluding hydrogens is 182 g/mol. The quantitative estimate of drug-likeness (QED) is 0.684. The number of nitrogens with zero attached hydrogens (tertiary/aromatic N) is 1. The van der Waals surface area contributed by atoms with Crippen molar-refractivity contribution in [1.29, 1.82) is 0 Å². The zero-order chi connectivity index (χ0) is 10.7. The Kier molecular flexibility index (Phi) is 3.20. The van der Waals surface area contributed by atoms with Gasteiger partial charge in [0.15, 0.2) is 0 Å². The SMILES string of the molecule is CCC1=N[C@@H](c2ccc(C)cc2)CCC1. The van der Waals surface area contributed by atoms with E-state index >= 15 is 0 Å². The van der Waals surface area contributed by atoms with E-state index in [4.69, 9.17) is 4.99 Å². The second kappa shape index (κ2) is 4.61. The normalized spacial score (nSPS) is 21.2. The van der Waals surface area contributed by atoms with Gasteiger partial charge in [-0.3, -0.25) is 4.99 Å². The van der Waals surface area contributed by atoms with Gasteiger partial charge in [-0.25, -0.2) is 0 Å². The average Bonchev–Trinajstić information content (AvgIpc) is 2.30. The van der Waals surface area contributed by atoms with E-state index in [1.54, 1.807) is 0 Å². The van der Waals surface area contributed by atoms with Crippen molar-refractivity contribution in [3.05, 3.63) is 35.4 Å². The van der Waals surface area contributed by atoms with Gasteiger partial charge in [0.2, 0.25) is 0 Å². The van der Waals surface area contributed by atoms with E-state index in [2.05, 4.69) is 38.1 Å². The highest BCUT2D eigenvalue weighted by molar-refractivity contribution is 5.84. The molecule has 1 atom stereocenters. The Morgan fingerprint density at radius 2 is 2.00 bits per heavy atom. The fourth-order valence-electron chi connectivity index (χ4n) is 2.15. The van der Waals surface area contributed by atoms with Gasteiger partial charge >= 0.3 is 0 Å².